The molecule has 2 N–H and O–H groups in total. The lowest BCUT2D eigenvalue weighted by Crippen LogP contribution is -2.26. The van der Waals surface area contributed by atoms with Crippen molar-refractivity contribution in [2.75, 3.05) is 20.3 Å². The number of nitro groups is 1. The maximum Gasteiger partial charge on any atom is 0.311 e. The first-order valence-corrected chi connectivity index (χ1v) is 6.36. The molecule has 0 aromatic heterocycles. The predicted octanol–water partition coefficient (Wildman–Crippen LogP) is 1.36. The fourth-order valence-corrected chi connectivity index (χ4v) is 1.61. The zero-order valence-electron chi connectivity index (χ0n) is 11.9. The van der Waals surface area contributed by atoms with Gasteiger partial charge in [0.05, 0.1) is 4.92 Å². The van der Waals surface area contributed by atoms with Gasteiger partial charge < -0.3 is 15.2 Å². The molecule has 8 nitrogen and oxygen atoms in total. The first kappa shape index (κ1) is 17.1. The van der Waals surface area contributed by atoms with Crippen molar-refractivity contribution >= 4 is 17.7 Å². The van der Waals surface area contributed by atoms with E-state index in [0.717, 1.165) is 12.1 Å². The van der Waals surface area contributed by atoms with Gasteiger partial charge in [-0.1, -0.05) is 6.07 Å². The highest BCUT2D eigenvalue weighted by atomic mass is 16.6. The third-order valence-corrected chi connectivity index (χ3v) is 2.68. The number of hydrogen-bond acceptors (Lipinski definition) is 6. The standard InChI is InChI=1S/C14H15N3O5/c1-22-6-2-5-16-14(19)11(9-15)7-10-3-4-13(18)12(8-10)17(20)21/h3-4,7-8,18H,2,5-6H2,1H3,(H,16,19)/b11-7+. The van der Waals surface area contributed by atoms with Crippen LogP contribution in [0.1, 0.15) is 12.0 Å². The summed E-state index contributed by atoms with van der Waals surface area (Å²) in [6.07, 6.45) is 1.82. The number of nitro benzene ring substituents is 1. The molecule has 0 aliphatic rings. The van der Waals surface area contributed by atoms with Crippen LogP contribution in [0.5, 0.6) is 5.75 Å². The van der Waals surface area contributed by atoms with E-state index in [-0.39, 0.29) is 11.1 Å². The van der Waals surface area contributed by atoms with Crippen LogP contribution in [0.15, 0.2) is 23.8 Å². The van der Waals surface area contributed by atoms with E-state index in [9.17, 15) is 20.0 Å². The van der Waals surface area contributed by atoms with Crippen LogP contribution in [-0.4, -0.2) is 36.2 Å². The number of hydrogen-bond donors (Lipinski definition) is 2. The molecule has 0 aliphatic heterocycles. The van der Waals surface area contributed by atoms with Gasteiger partial charge in [-0.2, -0.15) is 5.26 Å². The molecule has 0 spiro atoms. The summed E-state index contributed by atoms with van der Waals surface area (Å²) in [6, 6.07) is 5.34. The zero-order valence-corrected chi connectivity index (χ0v) is 11.9. The highest BCUT2D eigenvalue weighted by molar-refractivity contribution is 6.01. The largest absolute Gasteiger partial charge is 0.502 e. The van der Waals surface area contributed by atoms with Crippen molar-refractivity contribution in [3.63, 3.8) is 0 Å². The molecule has 8 heteroatoms. The third kappa shape index (κ3) is 4.88. The van der Waals surface area contributed by atoms with Crippen molar-refractivity contribution < 1.29 is 19.6 Å². The number of aromatic hydroxyl groups is 1. The first-order valence-electron chi connectivity index (χ1n) is 6.36. The van der Waals surface area contributed by atoms with Crippen LogP contribution in [0.4, 0.5) is 5.69 Å². The molecule has 1 rings (SSSR count). The number of nitrogens with one attached hydrogen (secondary N) is 1. The van der Waals surface area contributed by atoms with E-state index in [2.05, 4.69) is 5.32 Å². The Hall–Kier alpha value is -2.92. The van der Waals surface area contributed by atoms with Crippen molar-refractivity contribution in [2.24, 2.45) is 0 Å². The van der Waals surface area contributed by atoms with Gasteiger partial charge in [0, 0.05) is 26.3 Å². The summed E-state index contributed by atoms with van der Waals surface area (Å²) in [7, 11) is 1.54. The number of phenols is 1. The Morgan fingerprint density at radius 3 is 2.91 bits per heavy atom. The Morgan fingerprint density at radius 2 is 2.32 bits per heavy atom. The van der Waals surface area contributed by atoms with Gasteiger partial charge in [-0.25, -0.2) is 0 Å². The van der Waals surface area contributed by atoms with E-state index in [4.69, 9.17) is 10.00 Å². The van der Waals surface area contributed by atoms with E-state index >= 15 is 0 Å². The van der Waals surface area contributed by atoms with Gasteiger partial charge in [0.1, 0.15) is 11.6 Å². The molecule has 0 heterocycles. The number of amides is 1. The van der Waals surface area contributed by atoms with E-state index in [1.165, 1.54) is 12.1 Å². The molecule has 0 radical (unpaired) electrons. The van der Waals surface area contributed by atoms with Gasteiger partial charge >= 0.3 is 5.69 Å². The Kier molecular flexibility index (Phi) is 6.53. The monoisotopic (exact) mass is 305 g/mol. The van der Waals surface area contributed by atoms with E-state index in [0.29, 0.717) is 19.6 Å². The molecule has 0 atom stereocenters. The number of methoxy groups -OCH3 is 1. The normalized spacial score (nSPS) is 10.8. The summed E-state index contributed by atoms with van der Waals surface area (Å²) >= 11 is 0. The number of carbonyl (C=O) groups is 1. The second kappa shape index (κ2) is 8.39. The average molecular weight is 305 g/mol. The lowest BCUT2D eigenvalue weighted by Gasteiger charge is -2.04. The molecule has 0 fully saturated rings. The SMILES string of the molecule is COCCCNC(=O)/C(C#N)=C/c1ccc(O)c([N+](=O)[O-])c1. The number of rotatable bonds is 7. The molecular formula is C14H15N3O5. The Labute approximate surface area is 126 Å². The van der Waals surface area contributed by atoms with Gasteiger partial charge in [0.15, 0.2) is 5.75 Å². The minimum absolute atomic E-state index is 0.183. The molecule has 1 aromatic rings. The Morgan fingerprint density at radius 1 is 1.59 bits per heavy atom. The number of nitrogens with zero attached hydrogens (tertiary/aromatic N) is 2. The number of phenolic OH excluding ortho intramolecular Hbond substituents is 1. The van der Waals surface area contributed by atoms with Gasteiger partial charge in [-0.3, -0.25) is 14.9 Å². The summed E-state index contributed by atoms with van der Waals surface area (Å²) in [5.74, 6) is -1.06. The molecule has 0 unspecified atom stereocenters. The molecule has 1 aromatic carbocycles. The highest BCUT2D eigenvalue weighted by Gasteiger charge is 2.14. The predicted molar refractivity (Wildman–Crippen MR) is 77.9 cm³/mol. The molecule has 0 bridgehead atoms. The maximum atomic E-state index is 11.8. The zero-order chi connectivity index (χ0) is 16.5. The van der Waals surface area contributed by atoms with Crippen LogP contribution in [0, 0.1) is 21.4 Å². The van der Waals surface area contributed by atoms with Crippen LogP contribution in [-0.2, 0) is 9.53 Å². The molecule has 116 valence electrons. The molecule has 0 saturated carbocycles. The molecular weight excluding hydrogens is 290 g/mol. The lowest BCUT2D eigenvalue weighted by atomic mass is 10.1. The second-order valence-corrected chi connectivity index (χ2v) is 4.28. The fourth-order valence-electron chi connectivity index (χ4n) is 1.61. The average Bonchev–Trinajstić information content (AvgIpc) is 2.50. The van der Waals surface area contributed by atoms with Crippen molar-refractivity contribution in [3.8, 4) is 11.8 Å². The third-order valence-electron chi connectivity index (χ3n) is 2.68. The van der Waals surface area contributed by atoms with E-state index < -0.39 is 22.3 Å². The van der Waals surface area contributed by atoms with Gasteiger partial charge in [-0.15, -0.1) is 0 Å². The van der Waals surface area contributed by atoms with Crippen LogP contribution in [0.3, 0.4) is 0 Å². The van der Waals surface area contributed by atoms with Crippen molar-refractivity contribution in [2.45, 2.75) is 6.42 Å². The Balaban J connectivity index is 2.88. The van der Waals surface area contributed by atoms with E-state index in [1.54, 1.807) is 13.2 Å². The van der Waals surface area contributed by atoms with Crippen molar-refractivity contribution in [1.29, 1.82) is 5.26 Å². The summed E-state index contributed by atoms with van der Waals surface area (Å²) in [4.78, 5) is 21.8. The van der Waals surface area contributed by atoms with Crippen molar-refractivity contribution in [3.05, 3.63) is 39.4 Å². The topological polar surface area (TPSA) is 125 Å². The number of ether oxygens (including phenoxy) is 1. The van der Waals surface area contributed by atoms with Crippen LogP contribution < -0.4 is 5.32 Å². The first-order chi connectivity index (χ1) is 10.5. The van der Waals surface area contributed by atoms with Crippen molar-refractivity contribution in [1.82, 2.24) is 5.32 Å². The maximum absolute atomic E-state index is 11.8. The van der Waals surface area contributed by atoms with E-state index in [1.807, 2.05) is 0 Å². The quantitative estimate of drug-likeness (QED) is 0.257. The summed E-state index contributed by atoms with van der Waals surface area (Å²) in [5.41, 5.74) is -0.406. The van der Waals surface area contributed by atoms with Crippen LogP contribution in [0.25, 0.3) is 6.08 Å². The molecule has 1 amide bonds. The Bertz CT molecular complexity index is 634. The van der Waals surface area contributed by atoms with Gasteiger partial charge in [0.25, 0.3) is 5.91 Å². The minimum Gasteiger partial charge on any atom is -0.502 e. The number of benzene rings is 1. The molecule has 0 saturated heterocycles. The summed E-state index contributed by atoms with van der Waals surface area (Å²) in [6.45, 7) is 0.831. The smallest absolute Gasteiger partial charge is 0.311 e. The second-order valence-electron chi connectivity index (χ2n) is 4.28. The minimum atomic E-state index is -0.746. The van der Waals surface area contributed by atoms with Crippen LogP contribution in [0.2, 0.25) is 0 Å². The molecule has 0 aliphatic carbocycles. The highest BCUT2D eigenvalue weighted by Crippen LogP contribution is 2.27. The number of carbonyl (C=O) groups excluding carboxylic acids is 1. The van der Waals surface area contributed by atoms with Crippen LogP contribution >= 0.6 is 0 Å². The summed E-state index contributed by atoms with van der Waals surface area (Å²) in [5, 5.41) is 31.6. The van der Waals surface area contributed by atoms with Gasteiger partial charge in [-0.05, 0) is 24.1 Å². The lowest BCUT2D eigenvalue weighted by molar-refractivity contribution is -0.385. The molecule has 22 heavy (non-hydrogen) atoms. The van der Waals surface area contributed by atoms with Gasteiger partial charge in [0.2, 0.25) is 0 Å². The summed E-state index contributed by atoms with van der Waals surface area (Å²) < 4.78 is 4.83. The fraction of sp³-hybridized carbons (Fsp3) is 0.286. The number of nitriles is 1.